The Balaban J connectivity index is 2.02. The molecule has 4 heteroatoms. The Labute approximate surface area is 114 Å². The summed E-state index contributed by atoms with van der Waals surface area (Å²) >= 11 is 0. The third-order valence-electron chi connectivity index (χ3n) is 4.02. The fourth-order valence-corrected chi connectivity index (χ4v) is 2.67. The van der Waals surface area contributed by atoms with E-state index in [4.69, 9.17) is 0 Å². The van der Waals surface area contributed by atoms with Gasteiger partial charge in [-0.3, -0.25) is 0 Å². The molecule has 0 aliphatic heterocycles. The van der Waals surface area contributed by atoms with Gasteiger partial charge in [-0.25, -0.2) is 13.2 Å². The first-order valence-electron chi connectivity index (χ1n) is 6.43. The molecule has 0 amide bonds. The first kappa shape index (κ1) is 13.2. The van der Waals surface area contributed by atoms with Crippen LogP contribution in [0.5, 0.6) is 0 Å². The van der Waals surface area contributed by atoms with Crippen molar-refractivity contribution in [1.82, 2.24) is 0 Å². The van der Waals surface area contributed by atoms with E-state index in [9.17, 15) is 18.3 Å². The van der Waals surface area contributed by atoms with Gasteiger partial charge in [0.2, 0.25) is 0 Å². The van der Waals surface area contributed by atoms with Gasteiger partial charge in [0.1, 0.15) is 0 Å². The molecule has 1 nitrogen and oxygen atoms in total. The topological polar surface area (TPSA) is 20.2 Å². The first-order valence-corrected chi connectivity index (χ1v) is 6.43. The first-order chi connectivity index (χ1) is 9.56. The Hall–Kier alpha value is -1.81. The lowest BCUT2D eigenvalue weighted by Crippen LogP contribution is -2.20. The highest BCUT2D eigenvalue weighted by atomic mass is 19.2. The zero-order chi connectivity index (χ0) is 14.3. The number of benzene rings is 2. The molecule has 2 aromatic carbocycles. The van der Waals surface area contributed by atoms with E-state index in [1.54, 1.807) is 0 Å². The summed E-state index contributed by atoms with van der Waals surface area (Å²) in [5.74, 6) is -4.09. The van der Waals surface area contributed by atoms with Crippen LogP contribution in [0.25, 0.3) is 0 Å². The molecule has 1 N–H and O–H groups in total. The minimum absolute atomic E-state index is 0.190. The third kappa shape index (κ3) is 1.91. The van der Waals surface area contributed by atoms with Crippen LogP contribution in [0, 0.1) is 17.5 Å². The third-order valence-corrected chi connectivity index (χ3v) is 4.02. The van der Waals surface area contributed by atoms with Gasteiger partial charge in [-0.2, -0.15) is 0 Å². The number of halogens is 3. The smallest absolute Gasteiger partial charge is 0.194 e. The van der Waals surface area contributed by atoms with Crippen molar-refractivity contribution in [2.45, 2.75) is 24.4 Å². The molecule has 3 rings (SSSR count). The van der Waals surface area contributed by atoms with Crippen LogP contribution in [0.4, 0.5) is 13.2 Å². The molecule has 0 heterocycles. The lowest BCUT2D eigenvalue weighted by atomic mass is 9.86. The fourth-order valence-electron chi connectivity index (χ4n) is 2.67. The number of hydrogen-bond acceptors (Lipinski definition) is 1. The summed E-state index contributed by atoms with van der Waals surface area (Å²) < 4.78 is 40.1. The van der Waals surface area contributed by atoms with Crippen molar-refractivity contribution in [2.24, 2.45) is 0 Å². The van der Waals surface area contributed by atoms with Crippen LogP contribution >= 0.6 is 0 Å². The molecule has 1 aliphatic carbocycles. The zero-order valence-corrected chi connectivity index (χ0v) is 10.6. The monoisotopic (exact) mass is 278 g/mol. The van der Waals surface area contributed by atoms with Gasteiger partial charge in [0, 0.05) is 11.0 Å². The van der Waals surface area contributed by atoms with Gasteiger partial charge in [-0.05, 0) is 24.5 Å². The highest BCUT2D eigenvalue weighted by molar-refractivity contribution is 5.37. The van der Waals surface area contributed by atoms with Gasteiger partial charge in [0.15, 0.2) is 17.5 Å². The van der Waals surface area contributed by atoms with Crippen LogP contribution in [-0.4, -0.2) is 5.11 Å². The van der Waals surface area contributed by atoms with E-state index in [0.717, 1.165) is 17.7 Å². The maximum atomic E-state index is 13.8. The van der Waals surface area contributed by atoms with Crippen molar-refractivity contribution < 1.29 is 18.3 Å². The second kappa shape index (κ2) is 4.63. The molecule has 20 heavy (non-hydrogen) atoms. The van der Waals surface area contributed by atoms with Crippen molar-refractivity contribution in [3.05, 3.63) is 71.0 Å². The predicted molar refractivity (Wildman–Crippen MR) is 68.6 cm³/mol. The maximum Gasteiger partial charge on any atom is 0.194 e. The molecule has 0 aromatic heterocycles. The van der Waals surface area contributed by atoms with E-state index < -0.39 is 29.0 Å². The summed E-state index contributed by atoms with van der Waals surface area (Å²) in [6, 6.07) is 11.2. The maximum absolute atomic E-state index is 13.8. The van der Waals surface area contributed by atoms with E-state index in [-0.39, 0.29) is 5.56 Å². The molecule has 1 unspecified atom stereocenters. The number of aliphatic hydroxyl groups excluding tert-OH is 1. The summed E-state index contributed by atoms with van der Waals surface area (Å²) in [7, 11) is 0. The molecule has 104 valence electrons. The molecule has 0 bridgehead atoms. The molecule has 1 aliphatic rings. The highest BCUT2D eigenvalue weighted by Gasteiger charge is 2.51. The largest absolute Gasteiger partial charge is 0.387 e. The van der Waals surface area contributed by atoms with Gasteiger partial charge in [0.05, 0.1) is 6.10 Å². The van der Waals surface area contributed by atoms with Crippen LogP contribution in [0.1, 0.15) is 30.1 Å². The summed E-state index contributed by atoms with van der Waals surface area (Å²) in [5, 5.41) is 10.4. The fraction of sp³-hybridized carbons (Fsp3) is 0.250. The highest BCUT2D eigenvalue weighted by Crippen LogP contribution is 2.56. The molecular formula is C16H13F3O. The predicted octanol–water partition coefficient (Wildman–Crippen LogP) is 3.87. The number of aliphatic hydroxyl groups is 1. The quantitative estimate of drug-likeness (QED) is 0.845. The van der Waals surface area contributed by atoms with E-state index in [1.807, 2.05) is 30.3 Å². The minimum atomic E-state index is -1.54. The van der Waals surface area contributed by atoms with Crippen LogP contribution in [0.3, 0.4) is 0 Å². The SMILES string of the molecule is OC(c1ccc(F)c(F)c1F)C1(c2ccccc2)CC1. The van der Waals surface area contributed by atoms with Crippen molar-refractivity contribution >= 4 is 0 Å². The molecule has 1 atom stereocenters. The van der Waals surface area contributed by atoms with Gasteiger partial charge in [0.25, 0.3) is 0 Å². The van der Waals surface area contributed by atoms with Crippen molar-refractivity contribution in [2.75, 3.05) is 0 Å². The van der Waals surface area contributed by atoms with Crippen molar-refractivity contribution in [3.63, 3.8) is 0 Å². The van der Waals surface area contributed by atoms with E-state index >= 15 is 0 Å². The van der Waals surface area contributed by atoms with E-state index in [1.165, 1.54) is 0 Å². The molecular weight excluding hydrogens is 265 g/mol. The Morgan fingerprint density at radius 2 is 1.55 bits per heavy atom. The second-order valence-electron chi connectivity index (χ2n) is 5.19. The summed E-state index contributed by atoms with van der Waals surface area (Å²) in [5.41, 5.74) is 0.105. The average molecular weight is 278 g/mol. The Kier molecular flexibility index (Phi) is 3.05. The van der Waals surface area contributed by atoms with Gasteiger partial charge in [-0.15, -0.1) is 0 Å². The summed E-state index contributed by atoms with van der Waals surface area (Å²) in [4.78, 5) is 0. The van der Waals surface area contributed by atoms with E-state index in [2.05, 4.69) is 0 Å². The lowest BCUT2D eigenvalue weighted by Gasteiger charge is -2.23. The normalized spacial score (nSPS) is 17.8. The van der Waals surface area contributed by atoms with Gasteiger partial charge < -0.3 is 5.11 Å². The van der Waals surface area contributed by atoms with Gasteiger partial charge >= 0.3 is 0 Å². The zero-order valence-electron chi connectivity index (χ0n) is 10.6. The van der Waals surface area contributed by atoms with Crippen LogP contribution in [-0.2, 0) is 5.41 Å². The summed E-state index contributed by atoms with van der Waals surface area (Å²) in [6.07, 6.45) is 0.202. The Bertz CT molecular complexity index is 636. The number of hydrogen-bond donors (Lipinski definition) is 1. The molecule has 1 saturated carbocycles. The summed E-state index contributed by atoms with van der Waals surface area (Å²) in [6.45, 7) is 0. The van der Waals surface area contributed by atoms with Crippen LogP contribution in [0.2, 0.25) is 0 Å². The van der Waals surface area contributed by atoms with Crippen LogP contribution in [0.15, 0.2) is 42.5 Å². The minimum Gasteiger partial charge on any atom is -0.387 e. The van der Waals surface area contributed by atoms with Crippen LogP contribution < -0.4 is 0 Å². The number of rotatable bonds is 3. The average Bonchev–Trinajstić information content (AvgIpc) is 3.27. The molecule has 1 fully saturated rings. The second-order valence-corrected chi connectivity index (χ2v) is 5.19. The molecule has 0 saturated heterocycles. The molecule has 2 aromatic rings. The Morgan fingerprint density at radius 3 is 2.15 bits per heavy atom. The van der Waals surface area contributed by atoms with Crippen molar-refractivity contribution in [1.29, 1.82) is 0 Å². The lowest BCUT2D eigenvalue weighted by molar-refractivity contribution is 0.127. The van der Waals surface area contributed by atoms with E-state index in [0.29, 0.717) is 12.8 Å². The van der Waals surface area contributed by atoms with Gasteiger partial charge in [-0.1, -0.05) is 36.4 Å². The van der Waals surface area contributed by atoms with Crippen molar-refractivity contribution in [3.8, 4) is 0 Å². The Morgan fingerprint density at radius 1 is 0.900 bits per heavy atom. The standard InChI is InChI=1S/C16H13F3O/c17-12-7-6-11(13(18)14(12)19)15(20)16(8-9-16)10-4-2-1-3-5-10/h1-7,15,20H,8-9H2. The molecule has 0 spiro atoms. The molecule has 0 radical (unpaired) electrons.